The molecule has 0 amide bonds. The second-order valence-corrected chi connectivity index (χ2v) is 6.50. The number of nitriles is 1. The van der Waals surface area contributed by atoms with Crippen LogP contribution in [0.3, 0.4) is 0 Å². The predicted octanol–water partition coefficient (Wildman–Crippen LogP) is 0.383. The molecule has 2 heterocycles. The molecule has 0 bridgehead atoms. The van der Waals surface area contributed by atoms with Crippen molar-refractivity contribution in [3.05, 3.63) is 24.0 Å². The Balaban J connectivity index is 2.07. The predicted molar refractivity (Wildman–Crippen MR) is 69.0 cm³/mol. The number of rotatable bonds is 4. The highest BCUT2D eigenvalue weighted by Gasteiger charge is 2.33. The highest BCUT2D eigenvalue weighted by Crippen LogP contribution is 2.22. The van der Waals surface area contributed by atoms with Crippen molar-refractivity contribution in [2.24, 2.45) is 0 Å². The van der Waals surface area contributed by atoms with Gasteiger partial charge in [-0.3, -0.25) is 0 Å². The van der Waals surface area contributed by atoms with Crippen LogP contribution in [0.15, 0.2) is 23.2 Å². The Morgan fingerprint density at radius 1 is 1.60 bits per heavy atom. The lowest BCUT2D eigenvalue weighted by molar-refractivity contribution is -0.137. The molecule has 1 aromatic heterocycles. The molecule has 108 valence electrons. The van der Waals surface area contributed by atoms with E-state index >= 15 is 0 Å². The lowest BCUT2D eigenvalue weighted by Gasteiger charge is -2.17. The van der Waals surface area contributed by atoms with E-state index in [0.29, 0.717) is 6.61 Å². The molecule has 7 nitrogen and oxygen atoms in total. The van der Waals surface area contributed by atoms with Crippen molar-refractivity contribution in [2.75, 3.05) is 13.2 Å². The third-order valence-corrected chi connectivity index (χ3v) is 4.19. The third-order valence-electron chi connectivity index (χ3n) is 2.73. The second-order valence-electron chi connectivity index (χ2n) is 4.76. The van der Waals surface area contributed by atoms with Crippen LogP contribution in [0, 0.1) is 11.3 Å². The number of hydrogen-bond acceptors (Lipinski definition) is 6. The van der Waals surface area contributed by atoms with Gasteiger partial charge in [0.1, 0.15) is 11.0 Å². The second kappa shape index (κ2) is 5.46. The Kier molecular flexibility index (Phi) is 4.06. The molecule has 0 spiro atoms. The van der Waals surface area contributed by atoms with Gasteiger partial charge in [0.2, 0.25) is 10.0 Å². The normalized spacial score (nSPS) is 21.6. The van der Waals surface area contributed by atoms with E-state index < -0.39 is 15.8 Å². The smallest absolute Gasteiger partial charge is 0.243 e. The Morgan fingerprint density at radius 2 is 2.35 bits per heavy atom. The van der Waals surface area contributed by atoms with E-state index in [9.17, 15) is 8.42 Å². The van der Waals surface area contributed by atoms with Crippen LogP contribution in [-0.4, -0.2) is 38.4 Å². The first kappa shape index (κ1) is 14.9. The summed E-state index contributed by atoms with van der Waals surface area (Å²) < 4.78 is 37.5. The third kappa shape index (κ3) is 3.32. The molecule has 1 aliphatic heterocycles. The minimum atomic E-state index is -3.80. The van der Waals surface area contributed by atoms with Crippen molar-refractivity contribution in [3.63, 3.8) is 0 Å². The van der Waals surface area contributed by atoms with Crippen molar-refractivity contribution in [1.82, 2.24) is 9.71 Å². The lowest BCUT2D eigenvalue weighted by atomic mass is 10.4. The first-order valence-corrected chi connectivity index (χ1v) is 7.49. The number of aromatic nitrogens is 1. The summed E-state index contributed by atoms with van der Waals surface area (Å²) in [6, 6.07) is 4.56. The maximum Gasteiger partial charge on any atom is 0.243 e. The van der Waals surface area contributed by atoms with Crippen LogP contribution < -0.4 is 4.72 Å². The van der Waals surface area contributed by atoms with Crippen LogP contribution in [0.25, 0.3) is 0 Å². The zero-order valence-electron chi connectivity index (χ0n) is 11.2. The SMILES string of the molecule is CC1(C)OCC(CNS(=O)(=O)c2cccnc2C#N)O1. The lowest BCUT2D eigenvalue weighted by Crippen LogP contribution is -2.34. The molecule has 0 saturated carbocycles. The molecular formula is C12H15N3O4S. The van der Waals surface area contributed by atoms with Crippen molar-refractivity contribution in [3.8, 4) is 6.07 Å². The molecule has 1 atom stereocenters. The Bertz CT molecular complexity index is 636. The molecule has 1 N–H and O–H groups in total. The van der Waals surface area contributed by atoms with Crippen molar-refractivity contribution >= 4 is 10.0 Å². The highest BCUT2D eigenvalue weighted by molar-refractivity contribution is 7.89. The fourth-order valence-electron chi connectivity index (χ4n) is 1.84. The molecule has 1 unspecified atom stereocenters. The summed E-state index contributed by atoms with van der Waals surface area (Å²) >= 11 is 0. The van der Waals surface area contributed by atoms with Gasteiger partial charge < -0.3 is 9.47 Å². The Hall–Kier alpha value is -1.53. The first-order chi connectivity index (χ1) is 9.34. The van der Waals surface area contributed by atoms with Gasteiger partial charge in [0.05, 0.1) is 12.7 Å². The molecule has 0 radical (unpaired) electrons. The number of ether oxygens (including phenoxy) is 2. The molecular weight excluding hydrogens is 282 g/mol. The molecule has 2 rings (SSSR count). The number of sulfonamides is 1. The monoisotopic (exact) mass is 297 g/mol. The summed E-state index contributed by atoms with van der Waals surface area (Å²) in [6.45, 7) is 3.91. The van der Waals surface area contributed by atoms with Gasteiger partial charge in [0.25, 0.3) is 0 Å². The van der Waals surface area contributed by atoms with E-state index in [-0.39, 0.29) is 23.2 Å². The summed E-state index contributed by atoms with van der Waals surface area (Å²) in [7, 11) is -3.80. The molecule has 0 aliphatic carbocycles. The van der Waals surface area contributed by atoms with Crippen LogP contribution in [0.2, 0.25) is 0 Å². The van der Waals surface area contributed by atoms with Crippen molar-refractivity contribution in [1.29, 1.82) is 5.26 Å². The maximum absolute atomic E-state index is 12.1. The first-order valence-electron chi connectivity index (χ1n) is 6.01. The molecule has 0 aromatic carbocycles. The highest BCUT2D eigenvalue weighted by atomic mass is 32.2. The van der Waals surface area contributed by atoms with Gasteiger partial charge in [0.15, 0.2) is 11.5 Å². The van der Waals surface area contributed by atoms with Crippen LogP contribution in [0.1, 0.15) is 19.5 Å². The maximum atomic E-state index is 12.1. The van der Waals surface area contributed by atoms with Gasteiger partial charge in [-0.2, -0.15) is 5.26 Å². The van der Waals surface area contributed by atoms with E-state index in [0.717, 1.165) is 0 Å². The molecule has 1 aromatic rings. The average molecular weight is 297 g/mol. The van der Waals surface area contributed by atoms with E-state index in [4.69, 9.17) is 14.7 Å². The fraction of sp³-hybridized carbons (Fsp3) is 0.500. The molecule has 1 fully saturated rings. The van der Waals surface area contributed by atoms with Gasteiger partial charge in [-0.1, -0.05) is 0 Å². The van der Waals surface area contributed by atoms with Crippen LogP contribution in [0.4, 0.5) is 0 Å². The van der Waals surface area contributed by atoms with Crippen molar-refractivity contribution < 1.29 is 17.9 Å². The van der Waals surface area contributed by atoms with Crippen molar-refractivity contribution in [2.45, 2.75) is 30.6 Å². The largest absolute Gasteiger partial charge is 0.348 e. The van der Waals surface area contributed by atoms with Crippen LogP contribution in [-0.2, 0) is 19.5 Å². The minimum Gasteiger partial charge on any atom is -0.348 e. The quantitative estimate of drug-likeness (QED) is 0.862. The van der Waals surface area contributed by atoms with Gasteiger partial charge in [-0.05, 0) is 26.0 Å². The number of nitrogens with zero attached hydrogens (tertiary/aromatic N) is 2. The zero-order valence-corrected chi connectivity index (χ0v) is 12.0. The van der Waals surface area contributed by atoms with E-state index in [1.807, 2.05) is 0 Å². The van der Waals surface area contributed by atoms with Gasteiger partial charge in [-0.15, -0.1) is 0 Å². The summed E-state index contributed by atoms with van der Waals surface area (Å²) in [4.78, 5) is 3.59. The van der Waals surface area contributed by atoms with Gasteiger partial charge >= 0.3 is 0 Å². The van der Waals surface area contributed by atoms with E-state index in [2.05, 4.69) is 9.71 Å². The molecule has 20 heavy (non-hydrogen) atoms. The summed E-state index contributed by atoms with van der Waals surface area (Å²) in [5.74, 6) is -0.706. The standard InChI is InChI=1S/C12H15N3O4S/c1-12(2)18-8-9(19-12)7-15-20(16,17)11-4-3-5-14-10(11)6-13/h3-5,9,15H,7-8H2,1-2H3. The Labute approximate surface area is 117 Å². The fourth-order valence-corrected chi connectivity index (χ4v) is 3.01. The van der Waals surface area contributed by atoms with E-state index in [1.54, 1.807) is 19.9 Å². The topological polar surface area (TPSA) is 101 Å². The minimum absolute atomic E-state index is 0.0749. The van der Waals surface area contributed by atoms with Gasteiger partial charge in [-0.25, -0.2) is 18.1 Å². The average Bonchev–Trinajstić information content (AvgIpc) is 2.76. The molecule has 1 saturated heterocycles. The Morgan fingerprint density at radius 3 is 2.95 bits per heavy atom. The summed E-state index contributed by atoms with van der Waals surface area (Å²) in [5, 5.41) is 8.88. The zero-order chi connectivity index (χ0) is 14.8. The summed E-state index contributed by atoms with van der Waals surface area (Å²) in [5.41, 5.74) is -0.135. The molecule has 1 aliphatic rings. The number of pyridine rings is 1. The van der Waals surface area contributed by atoms with E-state index in [1.165, 1.54) is 18.3 Å². The van der Waals surface area contributed by atoms with Crippen LogP contribution >= 0.6 is 0 Å². The number of nitrogens with one attached hydrogen (secondary N) is 1. The summed E-state index contributed by atoms with van der Waals surface area (Å²) in [6.07, 6.45) is 1.01. The van der Waals surface area contributed by atoms with Gasteiger partial charge in [0, 0.05) is 12.7 Å². The number of hydrogen-bond donors (Lipinski definition) is 1. The molecule has 8 heteroatoms. The van der Waals surface area contributed by atoms with Crippen LogP contribution in [0.5, 0.6) is 0 Å².